The average molecular weight is 286 g/mol. The lowest BCUT2D eigenvalue weighted by Crippen LogP contribution is -2.24. The summed E-state index contributed by atoms with van der Waals surface area (Å²) in [5, 5.41) is 2.50. The second-order valence-electron chi connectivity index (χ2n) is 4.10. The third-order valence-corrected chi connectivity index (χ3v) is 4.10. The Labute approximate surface area is 112 Å². The first-order chi connectivity index (χ1) is 8.88. The molecule has 1 aromatic carbocycles. The van der Waals surface area contributed by atoms with Gasteiger partial charge in [0.05, 0.1) is 18.6 Å². The number of rotatable bonds is 6. The largest absolute Gasteiger partial charge is 0.494 e. The lowest BCUT2D eigenvalue weighted by molar-refractivity contribution is -0.113. The Morgan fingerprint density at radius 2 is 2.11 bits per heavy atom. The van der Waals surface area contributed by atoms with Crippen molar-refractivity contribution < 1.29 is 17.9 Å². The molecule has 0 saturated carbocycles. The maximum absolute atomic E-state index is 11.7. The Morgan fingerprint density at radius 3 is 2.68 bits per heavy atom. The molecule has 1 rings (SSSR count). The molecule has 0 aliphatic rings. The van der Waals surface area contributed by atoms with Crippen LogP contribution in [0.25, 0.3) is 0 Å². The Kier molecular flexibility index (Phi) is 5.17. The number of hydrogen-bond acceptors (Lipinski definition) is 5. The SMILES string of the molecule is CCCS(=O)(=O)CC(=O)Nc1ccc(N)cc1OC. The molecule has 0 atom stereocenters. The molecule has 0 bridgehead atoms. The van der Waals surface area contributed by atoms with Gasteiger partial charge in [-0.05, 0) is 18.6 Å². The highest BCUT2D eigenvalue weighted by Crippen LogP contribution is 2.26. The van der Waals surface area contributed by atoms with E-state index >= 15 is 0 Å². The van der Waals surface area contributed by atoms with Gasteiger partial charge in [-0.2, -0.15) is 0 Å². The van der Waals surface area contributed by atoms with Gasteiger partial charge >= 0.3 is 0 Å². The van der Waals surface area contributed by atoms with Crippen LogP contribution in [0.1, 0.15) is 13.3 Å². The minimum Gasteiger partial charge on any atom is -0.494 e. The highest BCUT2D eigenvalue weighted by Gasteiger charge is 2.16. The first kappa shape index (κ1) is 15.3. The number of nitrogens with two attached hydrogens (primary N) is 1. The summed E-state index contributed by atoms with van der Waals surface area (Å²) >= 11 is 0. The molecule has 106 valence electrons. The molecule has 0 radical (unpaired) electrons. The van der Waals surface area contributed by atoms with Gasteiger partial charge < -0.3 is 15.8 Å². The third kappa shape index (κ3) is 4.78. The van der Waals surface area contributed by atoms with Crippen LogP contribution in [0.4, 0.5) is 11.4 Å². The van der Waals surface area contributed by atoms with E-state index in [1.54, 1.807) is 25.1 Å². The summed E-state index contributed by atoms with van der Waals surface area (Å²) in [5.41, 5.74) is 6.48. The molecular formula is C12H18N2O4S. The number of anilines is 2. The highest BCUT2D eigenvalue weighted by molar-refractivity contribution is 7.92. The highest BCUT2D eigenvalue weighted by atomic mass is 32.2. The average Bonchev–Trinajstić information content (AvgIpc) is 2.30. The molecule has 3 N–H and O–H groups in total. The maximum atomic E-state index is 11.7. The number of hydrogen-bond donors (Lipinski definition) is 2. The number of benzene rings is 1. The molecule has 0 saturated heterocycles. The monoisotopic (exact) mass is 286 g/mol. The van der Waals surface area contributed by atoms with Gasteiger partial charge in [-0.1, -0.05) is 6.92 Å². The summed E-state index contributed by atoms with van der Waals surface area (Å²) in [5.74, 6) is -0.731. The van der Waals surface area contributed by atoms with Crippen LogP contribution in [0.15, 0.2) is 18.2 Å². The maximum Gasteiger partial charge on any atom is 0.239 e. The minimum absolute atomic E-state index is 0.000702. The zero-order valence-electron chi connectivity index (χ0n) is 11.0. The van der Waals surface area contributed by atoms with Gasteiger partial charge in [-0.25, -0.2) is 8.42 Å². The number of carbonyl (C=O) groups excluding carboxylic acids is 1. The molecule has 0 fully saturated rings. The summed E-state index contributed by atoms with van der Waals surface area (Å²) in [4.78, 5) is 11.7. The number of sulfone groups is 1. The van der Waals surface area contributed by atoms with E-state index in [1.165, 1.54) is 7.11 Å². The molecule has 0 aromatic heterocycles. The van der Waals surface area contributed by atoms with E-state index < -0.39 is 21.5 Å². The lowest BCUT2D eigenvalue weighted by atomic mass is 10.2. The van der Waals surface area contributed by atoms with Gasteiger partial charge in [-0.15, -0.1) is 0 Å². The Bertz CT molecular complexity index is 555. The Balaban J connectivity index is 2.78. The fourth-order valence-corrected chi connectivity index (χ4v) is 2.82. The van der Waals surface area contributed by atoms with Crippen molar-refractivity contribution >= 4 is 27.1 Å². The van der Waals surface area contributed by atoms with Gasteiger partial charge in [-0.3, -0.25) is 4.79 Å². The van der Waals surface area contributed by atoms with E-state index in [4.69, 9.17) is 10.5 Å². The molecule has 6 nitrogen and oxygen atoms in total. The van der Waals surface area contributed by atoms with Crippen molar-refractivity contribution in [1.82, 2.24) is 0 Å². The van der Waals surface area contributed by atoms with Crippen molar-refractivity contribution in [2.24, 2.45) is 0 Å². The van der Waals surface area contributed by atoms with Crippen LogP contribution in [0.2, 0.25) is 0 Å². The quantitative estimate of drug-likeness (QED) is 0.761. The summed E-state index contributed by atoms with van der Waals surface area (Å²) in [6, 6.07) is 4.72. The number of carbonyl (C=O) groups is 1. The van der Waals surface area contributed by atoms with E-state index in [-0.39, 0.29) is 5.75 Å². The van der Waals surface area contributed by atoms with Crippen LogP contribution in [0.3, 0.4) is 0 Å². The number of ether oxygens (including phenoxy) is 1. The number of methoxy groups -OCH3 is 1. The standard InChI is InChI=1S/C12H18N2O4S/c1-3-6-19(16,17)8-12(15)14-10-5-4-9(13)7-11(10)18-2/h4-5,7H,3,6,8,13H2,1-2H3,(H,14,15). The fourth-order valence-electron chi connectivity index (χ4n) is 1.58. The molecule has 1 aromatic rings. The summed E-state index contributed by atoms with van der Waals surface area (Å²) in [7, 11) is -1.91. The van der Waals surface area contributed by atoms with Crippen molar-refractivity contribution in [1.29, 1.82) is 0 Å². The van der Waals surface area contributed by atoms with E-state index in [0.29, 0.717) is 23.5 Å². The third-order valence-electron chi connectivity index (χ3n) is 2.37. The summed E-state index contributed by atoms with van der Waals surface area (Å²) in [6.45, 7) is 1.75. The van der Waals surface area contributed by atoms with Gasteiger partial charge in [0.25, 0.3) is 0 Å². The molecule has 0 spiro atoms. The molecule has 0 unspecified atom stereocenters. The van der Waals surface area contributed by atoms with Gasteiger partial charge in [0.2, 0.25) is 5.91 Å². The second-order valence-corrected chi connectivity index (χ2v) is 6.28. The second kappa shape index (κ2) is 6.42. The molecule has 1 amide bonds. The summed E-state index contributed by atoms with van der Waals surface area (Å²) in [6.07, 6.45) is 0.487. The molecule has 7 heteroatoms. The molecule has 0 heterocycles. The minimum atomic E-state index is -3.36. The zero-order valence-corrected chi connectivity index (χ0v) is 11.8. The van der Waals surface area contributed by atoms with E-state index in [2.05, 4.69) is 5.32 Å². The van der Waals surface area contributed by atoms with E-state index in [0.717, 1.165) is 0 Å². The predicted molar refractivity (Wildman–Crippen MR) is 75.0 cm³/mol. The topological polar surface area (TPSA) is 98.5 Å². The normalized spacial score (nSPS) is 11.1. The van der Waals surface area contributed by atoms with Crippen LogP contribution in [0.5, 0.6) is 5.75 Å². The van der Waals surface area contributed by atoms with Crippen molar-refractivity contribution in [3.63, 3.8) is 0 Å². The molecule has 0 aliphatic heterocycles. The zero-order chi connectivity index (χ0) is 14.5. The first-order valence-electron chi connectivity index (χ1n) is 5.81. The number of nitrogens with one attached hydrogen (secondary N) is 1. The molecular weight excluding hydrogens is 268 g/mol. The molecule has 0 aliphatic carbocycles. The van der Waals surface area contributed by atoms with Crippen molar-refractivity contribution in [3.05, 3.63) is 18.2 Å². The summed E-state index contributed by atoms with van der Waals surface area (Å²) < 4.78 is 28.1. The smallest absolute Gasteiger partial charge is 0.239 e. The van der Waals surface area contributed by atoms with Crippen LogP contribution < -0.4 is 15.8 Å². The fraction of sp³-hybridized carbons (Fsp3) is 0.417. The van der Waals surface area contributed by atoms with Gasteiger partial charge in [0.15, 0.2) is 9.84 Å². The van der Waals surface area contributed by atoms with Crippen LogP contribution in [-0.2, 0) is 14.6 Å². The number of nitrogen functional groups attached to an aromatic ring is 1. The van der Waals surface area contributed by atoms with Gasteiger partial charge in [0.1, 0.15) is 11.5 Å². The van der Waals surface area contributed by atoms with Crippen molar-refractivity contribution in [3.8, 4) is 5.75 Å². The van der Waals surface area contributed by atoms with Crippen LogP contribution >= 0.6 is 0 Å². The first-order valence-corrected chi connectivity index (χ1v) is 7.64. The van der Waals surface area contributed by atoms with Crippen molar-refractivity contribution in [2.45, 2.75) is 13.3 Å². The van der Waals surface area contributed by atoms with E-state index in [9.17, 15) is 13.2 Å². The predicted octanol–water partition coefficient (Wildman–Crippen LogP) is 1.04. The van der Waals surface area contributed by atoms with Crippen LogP contribution in [0, 0.1) is 0 Å². The molecule has 19 heavy (non-hydrogen) atoms. The van der Waals surface area contributed by atoms with Gasteiger partial charge in [0, 0.05) is 11.8 Å². The Morgan fingerprint density at radius 1 is 1.42 bits per heavy atom. The Hall–Kier alpha value is -1.76. The lowest BCUT2D eigenvalue weighted by Gasteiger charge is -2.10. The number of amides is 1. The van der Waals surface area contributed by atoms with Crippen molar-refractivity contribution in [2.75, 3.05) is 29.7 Å². The van der Waals surface area contributed by atoms with Crippen LogP contribution in [-0.4, -0.2) is 32.9 Å². The van der Waals surface area contributed by atoms with E-state index in [1.807, 2.05) is 0 Å².